The van der Waals surface area contributed by atoms with Crippen molar-refractivity contribution in [2.75, 3.05) is 11.4 Å². The minimum atomic E-state index is -0.358. The molecule has 5 nitrogen and oxygen atoms in total. The molecule has 0 aliphatic carbocycles. The molecule has 1 fully saturated rings. The fourth-order valence-corrected chi connectivity index (χ4v) is 1.73. The second kappa shape index (κ2) is 4.02. The highest BCUT2D eigenvalue weighted by atomic mass is 35.5. The lowest BCUT2D eigenvalue weighted by Crippen LogP contribution is -2.26. The molecule has 1 amide bonds. The first-order chi connectivity index (χ1) is 7.63. The number of rotatable bonds is 2. The number of anilines is 1. The number of Topliss-reactive ketones (excluding diaryl/α,β-unsaturated/α-hetero) is 1. The zero-order valence-electron chi connectivity index (χ0n) is 8.14. The third-order valence-electron chi connectivity index (χ3n) is 2.27. The number of carbonyl (C=O) groups excluding carboxylic acids is 3. The van der Waals surface area contributed by atoms with Crippen molar-refractivity contribution in [2.45, 2.75) is 6.42 Å². The van der Waals surface area contributed by atoms with E-state index in [9.17, 15) is 14.4 Å². The van der Waals surface area contributed by atoms with Crippen molar-refractivity contribution < 1.29 is 14.4 Å². The second-order valence-electron chi connectivity index (χ2n) is 3.34. The van der Waals surface area contributed by atoms with Crippen molar-refractivity contribution in [3.05, 3.63) is 22.8 Å². The van der Waals surface area contributed by atoms with Crippen LogP contribution in [0.1, 0.15) is 16.8 Å². The quantitative estimate of drug-likeness (QED) is 0.566. The van der Waals surface area contributed by atoms with E-state index in [0.717, 1.165) is 0 Å². The van der Waals surface area contributed by atoms with Crippen molar-refractivity contribution in [1.29, 1.82) is 0 Å². The normalized spacial score (nSPS) is 15.7. The second-order valence-corrected chi connectivity index (χ2v) is 3.75. The summed E-state index contributed by atoms with van der Waals surface area (Å²) in [7, 11) is 0. The average molecular weight is 239 g/mol. The largest absolute Gasteiger partial charge is 0.298 e. The van der Waals surface area contributed by atoms with Gasteiger partial charge in [0.2, 0.25) is 5.91 Å². The summed E-state index contributed by atoms with van der Waals surface area (Å²) in [4.78, 5) is 38.5. The van der Waals surface area contributed by atoms with Gasteiger partial charge in [-0.1, -0.05) is 11.6 Å². The summed E-state index contributed by atoms with van der Waals surface area (Å²) in [6.45, 7) is -0.0486. The van der Waals surface area contributed by atoms with E-state index in [4.69, 9.17) is 11.6 Å². The Labute approximate surface area is 96.0 Å². The first kappa shape index (κ1) is 10.8. The number of aldehydes is 1. The molecule has 1 aliphatic heterocycles. The molecule has 6 heteroatoms. The van der Waals surface area contributed by atoms with Crippen LogP contribution in [0.25, 0.3) is 0 Å². The lowest BCUT2D eigenvalue weighted by molar-refractivity contribution is -0.121. The van der Waals surface area contributed by atoms with Crippen LogP contribution in [0.2, 0.25) is 5.02 Å². The predicted molar refractivity (Wildman–Crippen MR) is 56.6 cm³/mol. The van der Waals surface area contributed by atoms with Crippen molar-refractivity contribution >= 4 is 35.4 Å². The Bertz CT molecular complexity index is 487. The SMILES string of the molecule is O=Cc1c(Cl)ccnc1N1CC(=O)CC1=O. The summed E-state index contributed by atoms with van der Waals surface area (Å²) in [6.07, 6.45) is 1.77. The fraction of sp³-hybridized carbons (Fsp3) is 0.200. The molecule has 0 saturated carbocycles. The highest BCUT2D eigenvalue weighted by Gasteiger charge is 2.31. The molecule has 0 unspecified atom stereocenters. The van der Waals surface area contributed by atoms with Gasteiger partial charge in [-0.25, -0.2) is 4.98 Å². The molecule has 2 heterocycles. The van der Waals surface area contributed by atoms with Gasteiger partial charge >= 0.3 is 0 Å². The summed E-state index contributed by atoms with van der Waals surface area (Å²) in [6, 6.07) is 1.46. The van der Waals surface area contributed by atoms with Crippen LogP contribution >= 0.6 is 11.6 Å². The van der Waals surface area contributed by atoms with Crippen molar-refractivity contribution in [3.8, 4) is 0 Å². The molecule has 1 aromatic heterocycles. The number of hydrogen-bond acceptors (Lipinski definition) is 4. The topological polar surface area (TPSA) is 67.3 Å². The summed E-state index contributed by atoms with van der Waals surface area (Å²) in [5.41, 5.74) is 0.132. The zero-order valence-corrected chi connectivity index (χ0v) is 8.90. The Kier molecular flexibility index (Phi) is 2.70. The van der Waals surface area contributed by atoms with Gasteiger partial charge in [0.25, 0.3) is 0 Å². The molecule has 0 atom stereocenters. The van der Waals surface area contributed by atoms with E-state index in [1.165, 1.54) is 17.2 Å². The third-order valence-corrected chi connectivity index (χ3v) is 2.60. The zero-order chi connectivity index (χ0) is 11.7. The van der Waals surface area contributed by atoms with Crippen molar-refractivity contribution in [1.82, 2.24) is 4.98 Å². The fourth-order valence-electron chi connectivity index (χ4n) is 1.54. The first-order valence-electron chi connectivity index (χ1n) is 4.55. The summed E-state index contributed by atoms with van der Waals surface area (Å²) in [5, 5.41) is 0.215. The van der Waals surface area contributed by atoms with Crippen LogP contribution in [0.5, 0.6) is 0 Å². The number of aromatic nitrogens is 1. The minimum absolute atomic E-state index is 0.0486. The predicted octanol–water partition coefficient (Wildman–Crippen LogP) is 0.853. The Morgan fingerprint density at radius 1 is 1.44 bits per heavy atom. The maximum Gasteiger partial charge on any atom is 0.236 e. The number of halogens is 1. The number of nitrogens with zero attached hydrogens (tertiary/aromatic N) is 2. The molecule has 1 saturated heterocycles. The molecule has 2 rings (SSSR count). The lowest BCUT2D eigenvalue weighted by atomic mass is 10.2. The van der Waals surface area contributed by atoms with Gasteiger partial charge in [-0.2, -0.15) is 0 Å². The van der Waals surface area contributed by atoms with Gasteiger partial charge in [0, 0.05) is 6.20 Å². The third kappa shape index (κ3) is 1.69. The van der Waals surface area contributed by atoms with Crippen molar-refractivity contribution in [2.24, 2.45) is 0 Å². The molecule has 1 aliphatic rings. The molecule has 0 radical (unpaired) electrons. The number of amides is 1. The standard InChI is InChI=1S/C10H7ClN2O3/c11-8-1-2-12-10(7(8)5-14)13-4-6(15)3-9(13)16/h1-2,5H,3-4H2. The summed E-state index contributed by atoms with van der Waals surface area (Å²) >= 11 is 5.80. The minimum Gasteiger partial charge on any atom is -0.298 e. The molecule has 0 aromatic carbocycles. The maximum atomic E-state index is 11.5. The maximum absolute atomic E-state index is 11.5. The van der Waals surface area contributed by atoms with Gasteiger partial charge in [0.1, 0.15) is 5.82 Å². The van der Waals surface area contributed by atoms with E-state index in [1.807, 2.05) is 0 Å². The van der Waals surface area contributed by atoms with Crippen LogP contribution in [0.3, 0.4) is 0 Å². The average Bonchev–Trinajstić information content (AvgIpc) is 2.57. The van der Waals surface area contributed by atoms with Crippen LogP contribution in [0, 0.1) is 0 Å². The van der Waals surface area contributed by atoms with E-state index in [0.29, 0.717) is 6.29 Å². The molecule has 0 N–H and O–H groups in total. The Morgan fingerprint density at radius 3 is 2.75 bits per heavy atom. The summed E-state index contributed by atoms with van der Waals surface area (Å²) < 4.78 is 0. The molecule has 1 aromatic rings. The molecular weight excluding hydrogens is 232 g/mol. The van der Waals surface area contributed by atoms with E-state index >= 15 is 0 Å². The molecule has 82 valence electrons. The van der Waals surface area contributed by atoms with E-state index in [2.05, 4.69) is 4.98 Å². The van der Waals surface area contributed by atoms with Gasteiger partial charge < -0.3 is 0 Å². The van der Waals surface area contributed by atoms with Crippen LogP contribution < -0.4 is 4.90 Å². The van der Waals surface area contributed by atoms with Crippen LogP contribution in [0.15, 0.2) is 12.3 Å². The van der Waals surface area contributed by atoms with E-state index < -0.39 is 0 Å². The molecular formula is C10H7ClN2O3. The lowest BCUT2D eigenvalue weighted by Gasteiger charge is -2.15. The number of pyridine rings is 1. The van der Waals surface area contributed by atoms with Gasteiger partial charge in [0.15, 0.2) is 12.1 Å². The van der Waals surface area contributed by atoms with Crippen LogP contribution in [0.4, 0.5) is 5.82 Å². The van der Waals surface area contributed by atoms with Gasteiger partial charge in [-0.3, -0.25) is 19.3 Å². The van der Waals surface area contributed by atoms with E-state index in [1.54, 1.807) is 0 Å². The Balaban J connectivity index is 2.48. The first-order valence-corrected chi connectivity index (χ1v) is 4.93. The monoisotopic (exact) mass is 238 g/mol. The van der Waals surface area contributed by atoms with E-state index in [-0.39, 0.29) is 41.1 Å². The smallest absolute Gasteiger partial charge is 0.236 e. The number of carbonyl (C=O) groups is 3. The molecule has 16 heavy (non-hydrogen) atoms. The highest BCUT2D eigenvalue weighted by Crippen LogP contribution is 2.25. The Hall–Kier alpha value is -1.75. The molecule has 0 spiro atoms. The van der Waals surface area contributed by atoms with Gasteiger partial charge in [-0.15, -0.1) is 0 Å². The molecule has 0 bridgehead atoms. The highest BCUT2D eigenvalue weighted by molar-refractivity contribution is 6.33. The van der Waals surface area contributed by atoms with Gasteiger partial charge in [0.05, 0.1) is 23.6 Å². The number of hydrogen-bond donors (Lipinski definition) is 0. The van der Waals surface area contributed by atoms with Crippen LogP contribution in [-0.4, -0.2) is 29.5 Å². The van der Waals surface area contributed by atoms with Crippen LogP contribution in [-0.2, 0) is 9.59 Å². The van der Waals surface area contributed by atoms with Gasteiger partial charge in [-0.05, 0) is 6.07 Å². The number of ketones is 1. The Morgan fingerprint density at radius 2 is 2.19 bits per heavy atom. The summed E-state index contributed by atoms with van der Waals surface area (Å²) in [5.74, 6) is -0.398. The van der Waals surface area contributed by atoms with Crippen molar-refractivity contribution in [3.63, 3.8) is 0 Å².